The molecule has 0 aromatic heterocycles. The van der Waals surface area contributed by atoms with E-state index in [0.29, 0.717) is 12.2 Å². The van der Waals surface area contributed by atoms with Crippen LogP contribution in [-0.2, 0) is 4.79 Å². The largest absolute Gasteiger partial charge is 0.325 e. The molecule has 7 heteroatoms. The number of anilines is 3. The van der Waals surface area contributed by atoms with E-state index in [1.54, 1.807) is 6.07 Å². The molecule has 1 unspecified atom stereocenters. The molecule has 6 nitrogen and oxygen atoms in total. The average molecular weight is 389 g/mol. The molecule has 3 rings (SSSR count). The van der Waals surface area contributed by atoms with Crippen LogP contribution in [0.2, 0.25) is 0 Å². The van der Waals surface area contributed by atoms with E-state index in [2.05, 4.69) is 21.3 Å². The summed E-state index contributed by atoms with van der Waals surface area (Å²) in [6.07, 6.45) is 1.91. The maximum atomic E-state index is 12.4. The summed E-state index contributed by atoms with van der Waals surface area (Å²) >= 11 is 0. The summed E-state index contributed by atoms with van der Waals surface area (Å²) in [6.45, 7) is 3.61. The quantitative estimate of drug-likeness (QED) is 0.639. The molecule has 0 saturated carbocycles. The van der Waals surface area contributed by atoms with Gasteiger partial charge >= 0.3 is 6.03 Å². The number of nitrogens with one attached hydrogen (secondary N) is 4. The molecular weight excluding hydrogens is 364 g/mol. The molecule has 2 aromatic rings. The Morgan fingerprint density at radius 3 is 2.44 bits per heavy atom. The molecule has 1 atom stereocenters. The first-order chi connectivity index (χ1) is 12.6. The van der Waals surface area contributed by atoms with E-state index >= 15 is 0 Å². The third-order valence-electron chi connectivity index (χ3n) is 4.45. The standard InChI is InChI=1S/C20H24N4O2.ClH/c1-14-9-10-17(23-20(26)22-16-7-3-2-4-8-16)12-18(14)24-19(25)15-6-5-11-21-13-15;/h2-4,7-10,12,15,21H,5-6,11,13H2,1H3,(H,24,25)(H2,22,23,26);1H. The number of piperidine rings is 1. The summed E-state index contributed by atoms with van der Waals surface area (Å²) < 4.78 is 0. The second-order valence-electron chi connectivity index (χ2n) is 6.51. The Kier molecular flexibility index (Phi) is 7.64. The van der Waals surface area contributed by atoms with Crippen molar-refractivity contribution in [1.82, 2.24) is 5.32 Å². The number of para-hydroxylation sites is 1. The van der Waals surface area contributed by atoms with E-state index in [4.69, 9.17) is 0 Å². The van der Waals surface area contributed by atoms with Gasteiger partial charge in [-0.15, -0.1) is 12.4 Å². The summed E-state index contributed by atoms with van der Waals surface area (Å²) in [5.74, 6) is 0.00679. The molecule has 1 saturated heterocycles. The van der Waals surface area contributed by atoms with Crippen molar-refractivity contribution in [1.29, 1.82) is 0 Å². The Bertz CT molecular complexity index is 777. The lowest BCUT2D eigenvalue weighted by atomic mass is 9.98. The monoisotopic (exact) mass is 388 g/mol. The fourth-order valence-corrected chi connectivity index (χ4v) is 2.96. The lowest BCUT2D eigenvalue weighted by Crippen LogP contribution is -2.37. The molecule has 4 N–H and O–H groups in total. The van der Waals surface area contributed by atoms with Crippen LogP contribution in [0.15, 0.2) is 48.5 Å². The number of aryl methyl sites for hydroxylation is 1. The predicted molar refractivity (Wildman–Crippen MR) is 112 cm³/mol. The average Bonchev–Trinajstić information content (AvgIpc) is 2.66. The van der Waals surface area contributed by atoms with Crippen molar-refractivity contribution in [2.24, 2.45) is 5.92 Å². The normalized spacial score (nSPS) is 16.0. The molecule has 1 aliphatic heterocycles. The second kappa shape index (κ2) is 9.94. The minimum absolute atomic E-state index is 0. The van der Waals surface area contributed by atoms with Gasteiger partial charge in [-0.1, -0.05) is 24.3 Å². The van der Waals surface area contributed by atoms with Gasteiger partial charge in [0.15, 0.2) is 0 Å². The van der Waals surface area contributed by atoms with E-state index in [1.165, 1.54) is 0 Å². The van der Waals surface area contributed by atoms with Crippen molar-refractivity contribution in [2.75, 3.05) is 29.0 Å². The fourth-order valence-electron chi connectivity index (χ4n) is 2.96. The Morgan fingerprint density at radius 1 is 1.00 bits per heavy atom. The van der Waals surface area contributed by atoms with E-state index in [0.717, 1.165) is 36.3 Å². The molecule has 0 spiro atoms. The SMILES string of the molecule is Cc1ccc(NC(=O)Nc2ccccc2)cc1NC(=O)C1CCCNC1.Cl. The molecule has 1 fully saturated rings. The number of rotatable bonds is 4. The molecule has 144 valence electrons. The number of halogens is 1. The van der Waals surface area contributed by atoms with Gasteiger partial charge in [-0.2, -0.15) is 0 Å². The van der Waals surface area contributed by atoms with Gasteiger partial charge in [-0.3, -0.25) is 4.79 Å². The zero-order valence-electron chi connectivity index (χ0n) is 15.2. The molecule has 0 aliphatic carbocycles. The molecule has 27 heavy (non-hydrogen) atoms. The van der Waals surface area contributed by atoms with Crippen molar-refractivity contribution < 1.29 is 9.59 Å². The highest BCUT2D eigenvalue weighted by Gasteiger charge is 2.21. The van der Waals surface area contributed by atoms with E-state index in [9.17, 15) is 9.59 Å². The molecule has 1 heterocycles. The summed E-state index contributed by atoms with van der Waals surface area (Å²) in [7, 11) is 0. The zero-order chi connectivity index (χ0) is 18.4. The van der Waals surface area contributed by atoms with E-state index < -0.39 is 0 Å². The number of carbonyl (C=O) groups excluding carboxylic acids is 2. The van der Waals surface area contributed by atoms with Crippen LogP contribution in [-0.4, -0.2) is 25.0 Å². The summed E-state index contributed by atoms with van der Waals surface area (Å²) in [5.41, 5.74) is 3.02. The minimum atomic E-state index is -0.325. The van der Waals surface area contributed by atoms with Gasteiger partial charge in [0.2, 0.25) is 5.91 Å². The molecule has 2 aromatic carbocycles. The van der Waals surface area contributed by atoms with Crippen LogP contribution in [0, 0.1) is 12.8 Å². The van der Waals surface area contributed by atoms with Crippen LogP contribution in [0.1, 0.15) is 18.4 Å². The number of benzene rings is 2. The van der Waals surface area contributed by atoms with E-state index in [1.807, 2.05) is 49.4 Å². The van der Waals surface area contributed by atoms with Gasteiger partial charge < -0.3 is 21.3 Å². The third-order valence-corrected chi connectivity index (χ3v) is 4.45. The first-order valence-corrected chi connectivity index (χ1v) is 8.87. The van der Waals surface area contributed by atoms with Crippen LogP contribution in [0.4, 0.5) is 21.9 Å². The number of hydrogen-bond donors (Lipinski definition) is 4. The summed E-state index contributed by atoms with van der Waals surface area (Å²) in [6, 6.07) is 14.4. The second-order valence-corrected chi connectivity index (χ2v) is 6.51. The summed E-state index contributed by atoms with van der Waals surface area (Å²) in [5, 5.41) is 11.8. The molecule has 3 amide bonds. The fraction of sp³-hybridized carbons (Fsp3) is 0.300. The number of amides is 3. The van der Waals surface area contributed by atoms with Gasteiger partial charge in [0.25, 0.3) is 0 Å². The first kappa shape index (κ1) is 20.7. The van der Waals surface area contributed by atoms with Crippen LogP contribution in [0.25, 0.3) is 0 Å². The van der Waals surface area contributed by atoms with Gasteiger partial charge in [-0.25, -0.2) is 4.79 Å². The van der Waals surface area contributed by atoms with Crippen LogP contribution < -0.4 is 21.3 Å². The highest BCUT2D eigenvalue weighted by molar-refractivity contribution is 6.00. The zero-order valence-corrected chi connectivity index (χ0v) is 16.1. The molecule has 1 aliphatic rings. The lowest BCUT2D eigenvalue weighted by molar-refractivity contribution is -0.120. The van der Waals surface area contributed by atoms with Crippen molar-refractivity contribution in [3.05, 3.63) is 54.1 Å². The Labute approximate surface area is 165 Å². The predicted octanol–water partition coefficient (Wildman–Crippen LogP) is 4.00. The maximum Gasteiger partial charge on any atom is 0.323 e. The van der Waals surface area contributed by atoms with Crippen molar-refractivity contribution >= 4 is 41.4 Å². The third kappa shape index (κ3) is 5.98. The molecule has 0 bridgehead atoms. The highest BCUT2D eigenvalue weighted by atomic mass is 35.5. The van der Waals surface area contributed by atoms with Gasteiger partial charge in [0.05, 0.1) is 5.92 Å². The number of urea groups is 1. The maximum absolute atomic E-state index is 12.4. The Hall–Kier alpha value is -2.57. The highest BCUT2D eigenvalue weighted by Crippen LogP contribution is 2.22. The summed E-state index contributed by atoms with van der Waals surface area (Å²) in [4.78, 5) is 24.6. The van der Waals surface area contributed by atoms with Crippen LogP contribution >= 0.6 is 12.4 Å². The van der Waals surface area contributed by atoms with Gasteiger partial charge in [0.1, 0.15) is 0 Å². The van der Waals surface area contributed by atoms with Gasteiger partial charge in [0, 0.05) is 23.6 Å². The number of carbonyl (C=O) groups is 2. The first-order valence-electron chi connectivity index (χ1n) is 8.87. The lowest BCUT2D eigenvalue weighted by Gasteiger charge is -2.22. The Balaban J connectivity index is 0.00000261. The van der Waals surface area contributed by atoms with Crippen molar-refractivity contribution in [3.8, 4) is 0 Å². The van der Waals surface area contributed by atoms with Gasteiger partial charge in [-0.05, 0) is 56.1 Å². The van der Waals surface area contributed by atoms with Crippen molar-refractivity contribution in [3.63, 3.8) is 0 Å². The molecular formula is C20H25ClN4O2. The van der Waals surface area contributed by atoms with Crippen molar-refractivity contribution in [2.45, 2.75) is 19.8 Å². The smallest absolute Gasteiger partial charge is 0.323 e. The minimum Gasteiger partial charge on any atom is -0.325 e. The molecule has 0 radical (unpaired) electrons. The van der Waals surface area contributed by atoms with Crippen LogP contribution in [0.3, 0.4) is 0 Å². The van der Waals surface area contributed by atoms with Crippen LogP contribution in [0.5, 0.6) is 0 Å². The van der Waals surface area contributed by atoms with E-state index in [-0.39, 0.29) is 30.3 Å². The topological polar surface area (TPSA) is 82.3 Å². The Morgan fingerprint density at radius 2 is 1.74 bits per heavy atom. The number of hydrogen-bond acceptors (Lipinski definition) is 3.